The first-order valence-electron chi connectivity index (χ1n) is 5.95. The fourth-order valence-electron chi connectivity index (χ4n) is 1.93. The molecule has 0 amide bonds. The second-order valence-electron chi connectivity index (χ2n) is 4.32. The molecule has 2 aromatic heterocycles. The summed E-state index contributed by atoms with van der Waals surface area (Å²) in [7, 11) is 1.56. The molecule has 0 spiro atoms. The van der Waals surface area contributed by atoms with E-state index in [4.69, 9.17) is 10.00 Å². The SMILES string of the molecule is COc1ncnc(C2CC2)c1-c1ncc(C#N)cn1. The van der Waals surface area contributed by atoms with Gasteiger partial charge in [-0.2, -0.15) is 5.26 Å². The Labute approximate surface area is 110 Å². The van der Waals surface area contributed by atoms with Crippen molar-refractivity contribution in [3.8, 4) is 23.3 Å². The van der Waals surface area contributed by atoms with Crippen LogP contribution < -0.4 is 4.74 Å². The smallest absolute Gasteiger partial charge is 0.227 e. The summed E-state index contributed by atoms with van der Waals surface area (Å²) in [6.45, 7) is 0. The van der Waals surface area contributed by atoms with E-state index < -0.39 is 0 Å². The lowest BCUT2D eigenvalue weighted by atomic mass is 10.1. The first-order valence-corrected chi connectivity index (χ1v) is 5.95. The molecule has 6 nitrogen and oxygen atoms in total. The normalized spacial score (nSPS) is 13.9. The molecule has 0 aromatic carbocycles. The predicted molar refractivity (Wildman–Crippen MR) is 66.3 cm³/mol. The van der Waals surface area contributed by atoms with Crippen molar-refractivity contribution in [1.29, 1.82) is 5.26 Å². The summed E-state index contributed by atoms with van der Waals surface area (Å²) in [6, 6.07) is 2.00. The highest BCUT2D eigenvalue weighted by Gasteiger charge is 2.31. The molecule has 6 heteroatoms. The fraction of sp³-hybridized carbons (Fsp3) is 0.308. The fourth-order valence-corrected chi connectivity index (χ4v) is 1.93. The van der Waals surface area contributed by atoms with Crippen molar-refractivity contribution in [2.45, 2.75) is 18.8 Å². The van der Waals surface area contributed by atoms with Gasteiger partial charge in [0.25, 0.3) is 0 Å². The number of rotatable bonds is 3. The monoisotopic (exact) mass is 253 g/mol. The van der Waals surface area contributed by atoms with Crippen molar-refractivity contribution < 1.29 is 4.74 Å². The molecular weight excluding hydrogens is 242 g/mol. The molecule has 19 heavy (non-hydrogen) atoms. The van der Waals surface area contributed by atoms with Crippen molar-refractivity contribution >= 4 is 0 Å². The first kappa shape index (κ1) is 11.5. The molecule has 1 saturated carbocycles. The third-order valence-electron chi connectivity index (χ3n) is 3.00. The number of nitrogens with zero attached hydrogens (tertiary/aromatic N) is 5. The Morgan fingerprint density at radius 2 is 1.95 bits per heavy atom. The molecular formula is C13H11N5O. The van der Waals surface area contributed by atoms with Gasteiger partial charge in [-0.05, 0) is 12.8 Å². The number of nitriles is 1. The van der Waals surface area contributed by atoms with Crippen LogP contribution in [-0.2, 0) is 0 Å². The maximum absolute atomic E-state index is 8.77. The molecule has 2 aromatic rings. The minimum atomic E-state index is 0.424. The molecule has 0 unspecified atom stereocenters. The Balaban J connectivity index is 2.13. The molecule has 0 N–H and O–H groups in total. The van der Waals surface area contributed by atoms with Crippen LogP contribution in [0.25, 0.3) is 11.4 Å². The lowest BCUT2D eigenvalue weighted by molar-refractivity contribution is 0.397. The Morgan fingerprint density at radius 3 is 2.53 bits per heavy atom. The van der Waals surface area contributed by atoms with E-state index in [-0.39, 0.29) is 0 Å². The third kappa shape index (κ3) is 2.10. The van der Waals surface area contributed by atoms with Crippen molar-refractivity contribution in [3.63, 3.8) is 0 Å². The molecule has 2 heterocycles. The van der Waals surface area contributed by atoms with E-state index in [0.717, 1.165) is 24.1 Å². The molecule has 0 radical (unpaired) electrons. The summed E-state index contributed by atoms with van der Waals surface area (Å²) in [4.78, 5) is 16.9. The molecule has 0 bridgehead atoms. The topological polar surface area (TPSA) is 84.6 Å². The average Bonchev–Trinajstić information content (AvgIpc) is 3.31. The first-order chi connectivity index (χ1) is 9.33. The van der Waals surface area contributed by atoms with E-state index in [9.17, 15) is 0 Å². The number of aromatic nitrogens is 4. The average molecular weight is 253 g/mol. The number of hydrogen-bond acceptors (Lipinski definition) is 6. The van der Waals surface area contributed by atoms with Crippen LogP contribution in [0.1, 0.15) is 30.0 Å². The minimum absolute atomic E-state index is 0.424. The van der Waals surface area contributed by atoms with Crippen LogP contribution in [0.5, 0.6) is 5.88 Å². The quantitative estimate of drug-likeness (QED) is 0.827. The summed E-state index contributed by atoms with van der Waals surface area (Å²) < 4.78 is 5.28. The van der Waals surface area contributed by atoms with Crippen molar-refractivity contribution in [2.24, 2.45) is 0 Å². The molecule has 1 fully saturated rings. The van der Waals surface area contributed by atoms with Gasteiger partial charge in [-0.1, -0.05) is 0 Å². The van der Waals surface area contributed by atoms with E-state index in [1.54, 1.807) is 7.11 Å². The summed E-state index contributed by atoms with van der Waals surface area (Å²) in [5.41, 5.74) is 2.08. The Morgan fingerprint density at radius 1 is 1.21 bits per heavy atom. The lowest BCUT2D eigenvalue weighted by Gasteiger charge is -2.09. The number of hydrogen-bond donors (Lipinski definition) is 0. The van der Waals surface area contributed by atoms with Gasteiger partial charge in [0.1, 0.15) is 18.0 Å². The van der Waals surface area contributed by atoms with Crippen LogP contribution in [-0.4, -0.2) is 27.0 Å². The number of ether oxygens (including phenoxy) is 1. The van der Waals surface area contributed by atoms with Gasteiger partial charge in [-0.25, -0.2) is 19.9 Å². The van der Waals surface area contributed by atoms with Crippen LogP contribution in [0.3, 0.4) is 0 Å². The van der Waals surface area contributed by atoms with Gasteiger partial charge in [0.05, 0.1) is 18.4 Å². The van der Waals surface area contributed by atoms with Crippen LogP contribution in [0.2, 0.25) is 0 Å². The van der Waals surface area contributed by atoms with Crippen molar-refractivity contribution in [3.05, 3.63) is 30.0 Å². The summed E-state index contributed by atoms with van der Waals surface area (Å²) in [6.07, 6.45) is 6.71. The zero-order chi connectivity index (χ0) is 13.2. The van der Waals surface area contributed by atoms with Gasteiger partial charge in [-0.3, -0.25) is 0 Å². The van der Waals surface area contributed by atoms with Gasteiger partial charge in [0.2, 0.25) is 5.88 Å². The van der Waals surface area contributed by atoms with Crippen LogP contribution >= 0.6 is 0 Å². The zero-order valence-electron chi connectivity index (χ0n) is 10.4. The summed E-state index contributed by atoms with van der Waals surface area (Å²) in [5.74, 6) is 1.41. The molecule has 0 atom stereocenters. The van der Waals surface area contributed by atoms with Crippen molar-refractivity contribution in [1.82, 2.24) is 19.9 Å². The molecule has 3 rings (SSSR count). The standard InChI is InChI=1S/C13H11N5O/c1-19-13-10(11(9-2-3-9)17-7-18-13)12-15-5-8(4-14)6-16-12/h5-7,9H,2-3H2,1H3. The Kier molecular flexibility index (Phi) is 2.80. The minimum Gasteiger partial charge on any atom is -0.480 e. The highest BCUT2D eigenvalue weighted by molar-refractivity contribution is 5.65. The highest BCUT2D eigenvalue weighted by atomic mass is 16.5. The maximum Gasteiger partial charge on any atom is 0.227 e. The Hall–Kier alpha value is -2.55. The summed E-state index contributed by atoms with van der Waals surface area (Å²) in [5, 5.41) is 8.77. The highest BCUT2D eigenvalue weighted by Crippen LogP contribution is 2.44. The zero-order valence-corrected chi connectivity index (χ0v) is 10.4. The van der Waals surface area contributed by atoms with Gasteiger partial charge in [0.15, 0.2) is 5.82 Å². The Bertz CT molecular complexity index is 643. The van der Waals surface area contributed by atoms with E-state index >= 15 is 0 Å². The molecule has 94 valence electrons. The second-order valence-corrected chi connectivity index (χ2v) is 4.32. The summed E-state index contributed by atoms with van der Waals surface area (Å²) >= 11 is 0. The van der Waals surface area contributed by atoms with Crippen LogP contribution in [0, 0.1) is 11.3 Å². The van der Waals surface area contributed by atoms with Crippen LogP contribution in [0.4, 0.5) is 0 Å². The molecule has 1 aliphatic rings. The molecule has 0 aliphatic heterocycles. The van der Waals surface area contributed by atoms with E-state index in [2.05, 4.69) is 19.9 Å². The van der Waals surface area contributed by atoms with Gasteiger partial charge >= 0.3 is 0 Å². The second kappa shape index (κ2) is 4.61. The van der Waals surface area contributed by atoms with E-state index in [1.807, 2.05) is 6.07 Å². The maximum atomic E-state index is 8.77. The largest absolute Gasteiger partial charge is 0.480 e. The molecule has 1 aliphatic carbocycles. The van der Waals surface area contributed by atoms with Crippen molar-refractivity contribution in [2.75, 3.05) is 7.11 Å². The predicted octanol–water partition coefficient (Wildman–Crippen LogP) is 1.69. The van der Waals surface area contributed by atoms with E-state index in [1.165, 1.54) is 18.7 Å². The lowest BCUT2D eigenvalue weighted by Crippen LogP contribution is -2.02. The van der Waals surface area contributed by atoms with Gasteiger partial charge in [0, 0.05) is 18.3 Å². The third-order valence-corrected chi connectivity index (χ3v) is 3.00. The van der Waals surface area contributed by atoms with E-state index in [0.29, 0.717) is 23.2 Å². The number of methoxy groups -OCH3 is 1. The van der Waals surface area contributed by atoms with Gasteiger partial charge in [-0.15, -0.1) is 0 Å². The van der Waals surface area contributed by atoms with Gasteiger partial charge < -0.3 is 4.74 Å². The van der Waals surface area contributed by atoms with Crippen LogP contribution in [0.15, 0.2) is 18.7 Å². The molecule has 0 saturated heterocycles.